The van der Waals surface area contributed by atoms with Crippen LogP contribution in [-0.2, 0) is 4.79 Å². The van der Waals surface area contributed by atoms with Crippen molar-refractivity contribution in [2.75, 3.05) is 6.61 Å². The number of hydrogen-bond acceptors (Lipinski definition) is 3. The van der Waals surface area contributed by atoms with Crippen LogP contribution in [0.25, 0.3) is 6.08 Å². The van der Waals surface area contributed by atoms with E-state index >= 15 is 0 Å². The molecule has 2 rings (SSSR count). The van der Waals surface area contributed by atoms with E-state index in [1.54, 1.807) is 18.2 Å². The van der Waals surface area contributed by atoms with Gasteiger partial charge < -0.3 is 9.84 Å². The first-order valence-electron chi connectivity index (χ1n) is 4.65. The molecule has 0 saturated heterocycles. The number of aliphatic carboxylic acids is 1. The predicted octanol–water partition coefficient (Wildman–Crippen LogP) is 0.116. The van der Waals surface area contributed by atoms with Gasteiger partial charge in [-0.15, -0.1) is 0 Å². The largest absolute Gasteiger partial charge is 0.493 e. The molecule has 1 radical (unpaired) electrons. The summed E-state index contributed by atoms with van der Waals surface area (Å²) in [6.07, 6.45) is 1.53. The Morgan fingerprint density at radius 3 is 3.00 bits per heavy atom. The van der Waals surface area contributed by atoms with Crippen LogP contribution >= 0.6 is 0 Å². The lowest BCUT2D eigenvalue weighted by Crippen LogP contribution is -2.23. The summed E-state index contributed by atoms with van der Waals surface area (Å²) in [5.41, 5.74) is 0. The summed E-state index contributed by atoms with van der Waals surface area (Å²) in [7, 11) is 0. The molecule has 0 aromatic heterocycles. The Morgan fingerprint density at radius 1 is 1.53 bits per heavy atom. The number of hydrogen-bond donors (Lipinski definition) is 1. The second-order valence-corrected chi connectivity index (χ2v) is 3.07. The first kappa shape index (κ1) is 9.71. The molecule has 77 valence electrons. The summed E-state index contributed by atoms with van der Waals surface area (Å²) in [5.74, 6) is -0.344. The van der Waals surface area contributed by atoms with Crippen LogP contribution in [0, 0.1) is 6.04 Å². The summed E-state index contributed by atoms with van der Waals surface area (Å²) >= 11 is 0. The van der Waals surface area contributed by atoms with Crippen molar-refractivity contribution >= 4 is 12.0 Å². The smallest absolute Gasteiger partial charge is 0.339 e. The highest BCUT2D eigenvalue weighted by Crippen LogP contribution is 2.09. The van der Waals surface area contributed by atoms with Gasteiger partial charge in [-0.2, -0.15) is 0 Å². The third kappa shape index (κ3) is 1.70. The number of carboxylic acid groups (broad SMARTS) is 1. The van der Waals surface area contributed by atoms with Crippen molar-refractivity contribution in [3.05, 3.63) is 34.8 Å². The zero-order valence-electron chi connectivity index (χ0n) is 8.23. The van der Waals surface area contributed by atoms with Crippen molar-refractivity contribution in [2.24, 2.45) is 4.99 Å². The van der Waals surface area contributed by atoms with E-state index < -0.39 is 5.97 Å². The van der Waals surface area contributed by atoms with Crippen molar-refractivity contribution in [2.45, 2.75) is 6.92 Å². The molecule has 1 aromatic rings. The molecule has 0 saturated carbocycles. The zero-order chi connectivity index (χ0) is 10.8. The number of nitrogens with zero attached hydrogens (tertiary/aromatic N) is 1. The summed E-state index contributed by atoms with van der Waals surface area (Å²) in [4.78, 5) is 14.7. The molecule has 1 aromatic carbocycles. The van der Waals surface area contributed by atoms with Gasteiger partial charge in [0, 0.05) is 5.22 Å². The zero-order valence-corrected chi connectivity index (χ0v) is 8.23. The normalized spacial score (nSPS) is 13.9. The van der Waals surface area contributed by atoms with Gasteiger partial charge in [0.05, 0.1) is 12.0 Å². The van der Waals surface area contributed by atoms with E-state index in [-0.39, 0.29) is 6.04 Å². The minimum absolute atomic E-state index is 0.0529. The number of benzene rings is 1. The molecule has 0 bridgehead atoms. The van der Waals surface area contributed by atoms with Crippen molar-refractivity contribution < 1.29 is 14.6 Å². The molecular formula is C11H10NO3. The molecule has 4 heteroatoms. The van der Waals surface area contributed by atoms with Gasteiger partial charge in [-0.05, 0) is 25.1 Å². The third-order valence-corrected chi connectivity index (χ3v) is 2.08. The second kappa shape index (κ2) is 3.73. The Labute approximate surface area is 86.5 Å². The highest BCUT2D eigenvalue weighted by atomic mass is 16.5. The minimum atomic E-state index is -1.02. The van der Waals surface area contributed by atoms with Gasteiger partial charge in [-0.25, -0.2) is 4.79 Å². The standard InChI is InChI=1S/C11H10NO3/c1-2-15-10-5-3-4-8-7(10)6-9(12-8)11(13)14/h3-6H,2H2,1H3,(H,13,14). The Morgan fingerprint density at radius 2 is 2.33 bits per heavy atom. The maximum absolute atomic E-state index is 10.7. The first-order valence-corrected chi connectivity index (χ1v) is 4.65. The van der Waals surface area contributed by atoms with Crippen molar-refractivity contribution in [3.63, 3.8) is 0 Å². The average molecular weight is 204 g/mol. The summed E-state index contributed by atoms with van der Waals surface area (Å²) in [5, 5.41) is 10.2. The lowest BCUT2D eigenvalue weighted by atomic mass is 10.2. The van der Waals surface area contributed by atoms with Gasteiger partial charge in [0.15, 0.2) is 0 Å². The maximum atomic E-state index is 10.7. The fraction of sp³-hybridized carbons (Fsp3) is 0.182. The van der Waals surface area contributed by atoms with Crippen molar-refractivity contribution in [3.8, 4) is 5.75 Å². The molecule has 0 amide bonds. The molecule has 1 aliphatic heterocycles. The molecule has 0 fully saturated rings. The Balaban J connectivity index is 2.53. The number of rotatable bonds is 3. The van der Waals surface area contributed by atoms with Gasteiger partial charge in [0.2, 0.25) is 6.04 Å². The molecule has 15 heavy (non-hydrogen) atoms. The monoisotopic (exact) mass is 204 g/mol. The summed E-state index contributed by atoms with van der Waals surface area (Å²) < 4.78 is 5.38. The van der Waals surface area contributed by atoms with E-state index in [4.69, 9.17) is 9.84 Å². The van der Waals surface area contributed by atoms with E-state index in [9.17, 15) is 4.79 Å². The molecule has 0 aliphatic carbocycles. The van der Waals surface area contributed by atoms with Crippen molar-refractivity contribution in [1.82, 2.24) is 0 Å². The number of carboxylic acids is 1. The molecule has 0 unspecified atom stereocenters. The molecule has 1 aliphatic rings. The quantitative estimate of drug-likeness (QED) is 0.760. The van der Waals surface area contributed by atoms with Crippen LogP contribution in [0.15, 0.2) is 23.2 Å². The molecular weight excluding hydrogens is 194 g/mol. The molecule has 0 atom stereocenters. The van der Waals surface area contributed by atoms with Gasteiger partial charge in [-0.3, -0.25) is 4.99 Å². The van der Waals surface area contributed by atoms with E-state index in [1.807, 2.05) is 6.92 Å². The topological polar surface area (TPSA) is 58.9 Å². The van der Waals surface area contributed by atoms with Gasteiger partial charge in [-0.1, -0.05) is 6.07 Å². The highest BCUT2D eigenvalue weighted by Gasteiger charge is 2.19. The molecule has 1 N–H and O–H groups in total. The van der Waals surface area contributed by atoms with Crippen LogP contribution in [0.4, 0.5) is 0 Å². The summed E-state index contributed by atoms with van der Waals surface area (Å²) in [6, 6.07) is 5.42. The van der Waals surface area contributed by atoms with E-state index in [1.165, 1.54) is 6.08 Å². The molecule has 4 nitrogen and oxygen atoms in total. The molecule has 0 spiro atoms. The van der Waals surface area contributed by atoms with Crippen LogP contribution < -0.4 is 15.3 Å². The molecule has 1 heterocycles. The van der Waals surface area contributed by atoms with E-state index in [0.29, 0.717) is 17.7 Å². The second-order valence-electron chi connectivity index (χ2n) is 3.07. The number of carbonyl (C=O) groups is 1. The van der Waals surface area contributed by atoms with E-state index in [0.717, 1.165) is 5.22 Å². The SMILES string of the molecule is CCOc1cccc2c1=C[C](C(=O)O)N=2. The van der Waals surface area contributed by atoms with Crippen LogP contribution in [0.3, 0.4) is 0 Å². The third-order valence-electron chi connectivity index (χ3n) is 2.08. The summed E-state index contributed by atoms with van der Waals surface area (Å²) in [6.45, 7) is 2.43. The fourth-order valence-electron chi connectivity index (χ4n) is 1.46. The lowest BCUT2D eigenvalue weighted by Gasteiger charge is -2.01. The minimum Gasteiger partial charge on any atom is -0.493 e. The van der Waals surface area contributed by atoms with E-state index in [2.05, 4.69) is 4.99 Å². The predicted molar refractivity (Wildman–Crippen MR) is 53.7 cm³/mol. The Hall–Kier alpha value is -1.84. The van der Waals surface area contributed by atoms with Crippen LogP contribution in [-0.4, -0.2) is 17.7 Å². The van der Waals surface area contributed by atoms with Crippen LogP contribution in [0.1, 0.15) is 6.92 Å². The highest BCUT2D eigenvalue weighted by molar-refractivity contribution is 5.92. The fourth-order valence-corrected chi connectivity index (χ4v) is 1.46. The number of fused-ring (bicyclic) bond motifs is 1. The average Bonchev–Trinajstić information content (AvgIpc) is 2.63. The van der Waals surface area contributed by atoms with Gasteiger partial charge in [0.1, 0.15) is 5.75 Å². The Kier molecular flexibility index (Phi) is 2.41. The van der Waals surface area contributed by atoms with Crippen molar-refractivity contribution in [1.29, 1.82) is 0 Å². The lowest BCUT2D eigenvalue weighted by molar-refractivity contribution is -0.134. The first-order chi connectivity index (χ1) is 7.22. The van der Waals surface area contributed by atoms with Crippen LogP contribution in [0.2, 0.25) is 0 Å². The maximum Gasteiger partial charge on any atom is 0.339 e. The van der Waals surface area contributed by atoms with Gasteiger partial charge in [0.25, 0.3) is 0 Å². The number of ether oxygens (including phenoxy) is 1. The van der Waals surface area contributed by atoms with Gasteiger partial charge >= 0.3 is 5.97 Å². The Bertz CT molecular complexity index is 507. The van der Waals surface area contributed by atoms with Crippen LogP contribution in [0.5, 0.6) is 5.75 Å².